The number of aryl methyl sites for hydroxylation is 1. The highest BCUT2D eigenvalue weighted by Gasteiger charge is 2.12. The third-order valence-corrected chi connectivity index (χ3v) is 4.08. The third-order valence-electron chi connectivity index (χ3n) is 2.77. The summed E-state index contributed by atoms with van der Waals surface area (Å²) in [5.74, 6) is -0.973. The van der Waals surface area contributed by atoms with Crippen LogP contribution >= 0.6 is 11.3 Å². The monoisotopic (exact) mass is 255 g/mol. The van der Waals surface area contributed by atoms with Crippen LogP contribution in [-0.4, -0.2) is 6.54 Å². The van der Waals surface area contributed by atoms with Crippen LogP contribution in [0.15, 0.2) is 12.1 Å². The number of hydrogen-bond donors (Lipinski definition) is 1. The summed E-state index contributed by atoms with van der Waals surface area (Å²) < 4.78 is 27.3. The predicted octanol–water partition coefficient (Wildman–Crippen LogP) is 3.99. The van der Waals surface area contributed by atoms with Gasteiger partial charge in [-0.05, 0) is 31.5 Å². The van der Waals surface area contributed by atoms with Crippen LogP contribution in [0.4, 0.5) is 8.78 Å². The average Bonchev–Trinajstić information content (AvgIpc) is 2.58. The van der Waals surface area contributed by atoms with Crippen molar-refractivity contribution in [3.63, 3.8) is 0 Å². The number of rotatable bonds is 4. The number of fused-ring (bicyclic) bond motifs is 1. The van der Waals surface area contributed by atoms with Crippen molar-refractivity contribution >= 4 is 21.4 Å². The molecular formula is C13H15F2NS. The number of thiophene rings is 1. The first-order valence-corrected chi connectivity index (χ1v) is 6.53. The normalized spacial score (nSPS) is 11.3. The molecule has 0 fully saturated rings. The van der Waals surface area contributed by atoms with Crippen LogP contribution in [0.2, 0.25) is 0 Å². The van der Waals surface area contributed by atoms with Gasteiger partial charge in [0.2, 0.25) is 0 Å². The minimum absolute atomic E-state index is 0.463. The van der Waals surface area contributed by atoms with E-state index >= 15 is 0 Å². The van der Waals surface area contributed by atoms with Crippen molar-refractivity contribution in [1.82, 2.24) is 5.32 Å². The second-order valence-corrected chi connectivity index (χ2v) is 5.20. The summed E-state index contributed by atoms with van der Waals surface area (Å²) in [6, 6.07) is 2.36. The quantitative estimate of drug-likeness (QED) is 0.815. The molecule has 1 heterocycles. The Hall–Kier alpha value is -1.00. The molecule has 1 nitrogen and oxygen atoms in total. The number of benzene rings is 1. The van der Waals surface area contributed by atoms with Crippen molar-refractivity contribution in [2.24, 2.45) is 0 Å². The minimum atomic E-state index is -0.510. The predicted molar refractivity (Wildman–Crippen MR) is 68.5 cm³/mol. The fraction of sp³-hybridized carbons (Fsp3) is 0.385. The number of halogens is 2. The molecule has 1 aromatic carbocycles. The van der Waals surface area contributed by atoms with E-state index in [-0.39, 0.29) is 0 Å². The summed E-state index contributed by atoms with van der Waals surface area (Å²) in [6.07, 6.45) is 1.06. The van der Waals surface area contributed by atoms with Crippen molar-refractivity contribution < 1.29 is 8.78 Å². The molecule has 1 aromatic heterocycles. The first kappa shape index (κ1) is 12.5. The second-order valence-electron chi connectivity index (χ2n) is 4.09. The molecule has 0 aliphatic heterocycles. The summed E-state index contributed by atoms with van der Waals surface area (Å²) in [6.45, 7) is 5.67. The van der Waals surface area contributed by atoms with Crippen LogP contribution in [0.3, 0.4) is 0 Å². The molecule has 0 spiro atoms. The molecule has 0 aliphatic rings. The van der Waals surface area contributed by atoms with Crippen molar-refractivity contribution in [3.8, 4) is 0 Å². The van der Waals surface area contributed by atoms with Gasteiger partial charge in [-0.25, -0.2) is 8.78 Å². The Bertz CT molecular complexity index is 534. The molecule has 0 aliphatic carbocycles. The Labute approximate surface area is 103 Å². The molecule has 17 heavy (non-hydrogen) atoms. The van der Waals surface area contributed by atoms with Gasteiger partial charge in [0, 0.05) is 22.9 Å². The zero-order chi connectivity index (χ0) is 12.4. The third kappa shape index (κ3) is 2.48. The zero-order valence-corrected chi connectivity index (χ0v) is 10.8. The molecule has 2 rings (SSSR count). The van der Waals surface area contributed by atoms with Gasteiger partial charge in [0.1, 0.15) is 11.6 Å². The molecule has 0 saturated carbocycles. The lowest BCUT2D eigenvalue weighted by atomic mass is 10.1. The van der Waals surface area contributed by atoms with Crippen molar-refractivity contribution in [1.29, 1.82) is 0 Å². The molecule has 1 N–H and O–H groups in total. The maximum absolute atomic E-state index is 13.6. The summed E-state index contributed by atoms with van der Waals surface area (Å²) in [7, 11) is 0. The van der Waals surface area contributed by atoms with Gasteiger partial charge in [0.15, 0.2) is 0 Å². The summed E-state index contributed by atoms with van der Waals surface area (Å²) >= 11 is 1.41. The molecule has 2 aromatic rings. The highest BCUT2D eigenvalue weighted by molar-refractivity contribution is 7.19. The molecule has 92 valence electrons. The molecule has 0 saturated heterocycles. The van der Waals surface area contributed by atoms with Crippen LogP contribution in [-0.2, 0) is 6.54 Å². The molecule has 4 heteroatoms. The highest BCUT2D eigenvalue weighted by atomic mass is 32.1. The molecular weight excluding hydrogens is 240 g/mol. The molecule has 0 radical (unpaired) electrons. The van der Waals surface area contributed by atoms with Gasteiger partial charge in [0.05, 0.1) is 4.70 Å². The summed E-state index contributed by atoms with van der Waals surface area (Å²) in [5.41, 5.74) is 0.979. The first-order valence-electron chi connectivity index (χ1n) is 5.71. The van der Waals surface area contributed by atoms with Crippen LogP contribution in [0.5, 0.6) is 0 Å². The van der Waals surface area contributed by atoms with Crippen LogP contribution in [0.25, 0.3) is 10.1 Å². The second kappa shape index (κ2) is 5.10. The van der Waals surface area contributed by atoms with E-state index in [9.17, 15) is 8.78 Å². The minimum Gasteiger partial charge on any atom is -0.312 e. The van der Waals surface area contributed by atoms with E-state index in [2.05, 4.69) is 12.2 Å². The Morgan fingerprint density at radius 2 is 2.06 bits per heavy atom. The van der Waals surface area contributed by atoms with Gasteiger partial charge in [-0.1, -0.05) is 6.92 Å². The lowest BCUT2D eigenvalue weighted by Gasteiger charge is -2.01. The summed E-state index contributed by atoms with van der Waals surface area (Å²) in [5, 5.41) is 3.98. The van der Waals surface area contributed by atoms with Crippen LogP contribution in [0.1, 0.15) is 23.8 Å². The van der Waals surface area contributed by atoms with E-state index in [1.807, 2.05) is 6.92 Å². The van der Waals surface area contributed by atoms with Crippen LogP contribution in [0, 0.1) is 18.6 Å². The number of hydrogen-bond acceptors (Lipinski definition) is 2. The smallest absolute Gasteiger partial charge is 0.143 e. The maximum atomic E-state index is 13.6. The van der Waals surface area contributed by atoms with Gasteiger partial charge < -0.3 is 5.32 Å². The Morgan fingerprint density at radius 1 is 1.29 bits per heavy atom. The lowest BCUT2D eigenvalue weighted by Crippen LogP contribution is -2.13. The van der Waals surface area contributed by atoms with Crippen molar-refractivity contribution in [3.05, 3.63) is 34.2 Å². The van der Waals surface area contributed by atoms with E-state index in [4.69, 9.17) is 0 Å². The zero-order valence-electron chi connectivity index (χ0n) is 9.94. The van der Waals surface area contributed by atoms with Gasteiger partial charge in [-0.3, -0.25) is 0 Å². The lowest BCUT2D eigenvalue weighted by molar-refractivity contribution is 0.593. The maximum Gasteiger partial charge on any atom is 0.143 e. The van der Waals surface area contributed by atoms with Crippen molar-refractivity contribution in [2.45, 2.75) is 26.8 Å². The summed E-state index contributed by atoms with van der Waals surface area (Å²) in [4.78, 5) is 1.08. The molecule has 0 atom stereocenters. The van der Waals surface area contributed by atoms with E-state index in [0.29, 0.717) is 10.1 Å². The van der Waals surface area contributed by atoms with E-state index in [1.54, 1.807) is 0 Å². The molecule has 0 unspecified atom stereocenters. The first-order chi connectivity index (χ1) is 8.13. The van der Waals surface area contributed by atoms with E-state index in [0.717, 1.165) is 36.0 Å². The Morgan fingerprint density at radius 3 is 2.76 bits per heavy atom. The highest BCUT2D eigenvalue weighted by Crippen LogP contribution is 2.33. The largest absolute Gasteiger partial charge is 0.312 e. The van der Waals surface area contributed by atoms with Gasteiger partial charge >= 0.3 is 0 Å². The topological polar surface area (TPSA) is 12.0 Å². The number of nitrogens with one attached hydrogen (secondary N) is 1. The SMILES string of the molecule is CCCNCc1sc2c(F)cc(F)cc2c1C. The molecule has 0 amide bonds. The fourth-order valence-corrected chi connectivity index (χ4v) is 3.00. The Balaban J connectivity index is 2.39. The van der Waals surface area contributed by atoms with Gasteiger partial charge in [-0.15, -0.1) is 11.3 Å². The van der Waals surface area contributed by atoms with Gasteiger partial charge in [-0.2, -0.15) is 0 Å². The standard InChI is InChI=1S/C13H15F2NS/c1-3-4-16-7-12-8(2)10-5-9(14)6-11(15)13(10)17-12/h5-6,16H,3-4,7H2,1-2H3. The van der Waals surface area contributed by atoms with Crippen molar-refractivity contribution in [2.75, 3.05) is 6.54 Å². The van der Waals surface area contributed by atoms with E-state index < -0.39 is 11.6 Å². The molecule has 0 bridgehead atoms. The fourth-order valence-electron chi connectivity index (χ4n) is 1.84. The van der Waals surface area contributed by atoms with Crippen LogP contribution < -0.4 is 5.32 Å². The van der Waals surface area contributed by atoms with E-state index in [1.165, 1.54) is 17.4 Å². The average molecular weight is 255 g/mol. The Kier molecular flexibility index (Phi) is 3.74. The van der Waals surface area contributed by atoms with Gasteiger partial charge in [0.25, 0.3) is 0 Å².